The maximum atomic E-state index is 11.0. The summed E-state index contributed by atoms with van der Waals surface area (Å²) in [5.41, 5.74) is 7.31. The summed E-state index contributed by atoms with van der Waals surface area (Å²) in [5, 5.41) is 11.0. The first-order chi connectivity index (χ1) is 9.10. The first-order valence-corrected chi connectivity index (χ1v) is 5.82. The van der Waals surface area contributed by atoms with E-state index in [0.717, 1.165) is 11.1 Å². The monoisotopic (exact) mass is 258 g/mol. The van der Waals surface area contributed by atoms with Crippen LogP contribution in [0, 0.1) is 17.0 Å². The summed E-state index contributed by atoms with van der Waals surface area (Å²) in [7, 11) is 0. The van der Waals surface area contributed by atoms with Gasteiger partial charge in [-0.25, -0.2) is 0 Å². The second-order valence-corrected chi connectivity index (χ2v) is 4.18. The molecule has 5 heteroatoms. The Bertz CT molecular complexity index is 611. The van der Waals surface area contributed by atoms with Crippen molar-refractivity contribution in [2.24, 2.45) is 5.73 Å². The Hall–Kier alpha value is -2.40. The van der Waals surface area contributed by atoms with Crippen LogP contribution in [0.4, 0.5) is 5.69 Å². The van der Waals surface area contributed by atoms with Gasteiger partial charge in [0.15, 0.2) is 0 Å². The van der Waals surface area contributed by atoms with E-state index < -0.39 is 4.92 Å². The molecule has 2 rings (SSSR count). The Balaban J connectivity index is 2.36. The van der Waals surface area contributed by atoms with Gasteiger partial charge in [0.1, 0.15) is 5.75 Å². The zero-order valence-electron chi connectivity index (χ0n) is 10.5. The SMILES string of the molecule is Cc1ccc([N+](=O)[O-])c(Oc2cccc(CN)c2)c1. The highest BCUT2D eigenvalue weighted by molar-refractivity contribution is 5.50. The fourth-order valence-electron chi connectivity index (χ4n) is 1.72. The van der Waals surface area contributed by atoms with Crippen LogP contribution in [0.3, 0.4) is 0 Å². The van der Waals surface area contributed by atoms with Gasteiger partial charge in [-0.05, 0) is 36.2 Å². The van der Waals surface area contributed by atoms with Crippen molar-refractivity contribution in [1.82, 2.24) is 0 Å². The van der Waals surface area contributed by atoms with Crippen LogP contribution >= 0.6 is 0 Å². The first-order valence-electron chi connectivity index (χ1n) is 5.82. The molecule has 2 aromatic carbocycles. The van der Waals surface area contributed by atoms with Crippen molar-refractivity contribution in [3.05, 3.63) is 63.7 Å². The van der Waals surface area contributed by atoms with Crippen molar-refractivity contribution in [1.29, 1.82) is 0 Å². The highest BCUT2D eigenvalue weighted by Gasteiger charge is 2.15. The molecule has 2 N–H and O–H groups in total. The van der Waals surface area contributed by atoms with Crippen LogP contribution in [-0.2, 0) is 6.54 Å². The second kappa shape index (κ2) is 5.49. The highest BCUT2D eigenvalue weighted by atomic mass is 16.6. The summed E-state index contributed by atoms with van der Waals surface area (Å²) in [5.74, 6) is 0.774. The van der Waals surface area contributed by atoms with E-state index in [-0.39, 0.29) is 11.4 Å². The van der Waals surface area contributed by atoms with E-state index in [1.807, 2.05) is 13.0 Å². The van der Waals surface area contributed by atoms with Gasteiger partial charge in [-0.3, -0.25) is 10.1 Å². The molecule has 0 heterocycles. The number of nitrogens with zero attached hydrogens (tertiary/aromatic N) is 1. The Labute approximate surface area is 110 Å². The molecular formula is C14H14N2O3. The van der Waals surface area contributed by atoms with E-state index >= 15 is 0 Å². The molecular weight excluding hydrogens is 244 g/mol. The predicted octanol–water partition coefficient (Wildman–Crippen LogP) is 3.15. The number of aryl methyl sites for hydroxylation is 1. The van der Waals surface area contributed by atoms with Gasteiger partial charge in [0, 0.05) is 12.6 Å². The third-order valence-electron chi connectivity index (χ3n) is 2.67. The smallest absolute Gasteiger partial charge is 0.311 e. The molecule has 98 valence electrons. The molecule has 0 aromatic heterocycles. The van der Waals surface area contributed by atoms with Crippen molar-refractivity contribution in [2.75, 3.05) is 0 Å². The van der Waals surface area contributed by atoms with Crippen LogP contribution in [0.2, 0.25) is 0 Å². The molecule has 0 fully saturated rings. The Morgan fingerprint density at radius 1 is 1.26 bits per heavy atom. The van der Waals surface area contributed by atoms with Crippen LogP contribution in [0.25, 0.3) is 0 Å². The average Bonchev–Trinajstić information content (AvgIpc) is 2.38. The molecule has 0 aliphatic heterocycles. The number of nitro groups is 1. The summed E-state index contributed by atoms with van der Waals surface area (Å²) >= 11 is 0. The molecule has 0 radical (unpaired) electrons. The van der Waals surface area contributed by atoms with Crippen molar-refractivity contribution in [3.8, 4) is 11.5 Å². The van der Waals surface area contributed by atoms with E-state index in [1.165, 1.54) is 6.07 Å². The molecule has 2 aromatic rings. The maximum Gasteiger partial charge on any atom is 0.311 e. The lowest BCUT2D eigenvalue weighted by Crippen LogP contribution is -1.97. The summed E-state index contributed by atoms with van der Waals surface area (Å²) in [4.78, 5) is 10.5. The van der Waals surface area contributed by atoms with Crippen molar-refractivity contribution < 1.29 is 9.66 Å². The van der Waals surface area contributed by atoms with Crippen LogP contribution in [0.5, 0.6) is 11.5 Å². The first kappa shape index (κ1) is 13.0. The molecule has 0 unspecified atom stereocenters. The van der Waals surface area contributed by atoms with E-state index in [4.69, 9.17) is 10.5 Å². The minimum Gasteiger partial charge on any atom is -0.450 e. The Morgan fingerprint density at radius 2 is 2.05 bits per heavy atom. The van der Waals surface area contributed by atoms with E-state index in [9.17, 15) is 10.1 Å². The fourth-order valence-corrected chi connectivity index (χ4v) is 1.72. The highest BCUT2D eigenvalue weighted by Crippen LogP contribution is 2.32. The fraction of sp³-hybridized carbons (Fsp3) is 0.143. The van der Waals surface area contributed by atoms with Crippen LogP contribution < -0.4 is 10.5 Å². The van der Waals surface area contributed by atoms with Gasteiger partial charge in [-0.2, -0.15) is 0 Å². The van der Waals surface area contributed by atoms with Gasteiger partial charge in [0.2, 0.25) is 5.75 Å². The topological polar surface area (TPSA) is 78.4 Å². The average molecular weight is 258 g/mol. The number of hydrogen-bond donors (Lipinski definition) is 1. The quantitative estimate of drug-likeness (QED) is 0.675. The lowest BCUT2D eigenvalue weighted by molar-refractivity contribution is -0.385. The largest absolute Gasteiger partial charge is 0.450 e. The van der Waals surface area contributed by atoms with Gasteiger partial charge >= 0.3 is 5.69 Å². The second-order valence-electron chi connectivity index (χ2n) is 4.18. The van der Waals surface area contributed by atoms with Gasteiger partial charge in [0.05, 0.1) is 4.92 Å². The standard InChI is InChI=1S/C14H14N2O3/c1-10-5-6-13(16(17)18)14(7-10)19-12-4-2-3-11(8-12)9-15/h2-8H,9,15H2,1H3. The Morgan fingerprint density at radius 3 is 2.74 bits per heavy atom. The molecule has 0 aliphatic rings. The minimum atomic E-state index is -0.457. The third-order valence-corrected chi connectivity index (χ3v) is 2.67. The molecule has 0 aliphatic carbocycles. The molecule has 5 nitrogen and oxygen atoms in total. The van der Waals surface area contributed by atoms with Crippen LogP contribution in [0.1, 0.15) is 11.1 Å². The molecule has 0 bridgehead atoms. The lowest BCUT2D eigenvalue weighted by Gasteiger charge is -2.08. The number of nitro benzene ring substituents is 1. The van der Waals surface area contributed by atoms with Gasteiger partial charge in [-0.15, -0.1) is 0 Å². The molecule has 0 saturated carbocycles. The number of rotatable bonds is 4. The van der Waals surface area contributed by atoms with Crippen molar-refractivity contribution >= 4 is 5.69 Å². The van der Waals surface area contributed by atoms with Gasteiger partial charge in [0.25, 0.3) is 0 Å². The number of benzene rings is 2. The lowest BCUT2D eigenvalue weighted by atomic mass is 10.2. The summed E-state index contributed by atoms with van der Waals surface area (Å²) < 4.78 is 5.60. The maximum absolute atomic E-state index is 11.0. The van der Waals surface area contributed by atoms with Crippen molar-refractivity contribution in [3.63, 3.8) is 0 Å². The molecule has 0 saturated heterocycles. The summed E-state index contributed by atoms with van der Waals surface area (Å²) in [6.07, 6.45) is 0. The van der Waals surface area contributed by atoms with E-state index in [0.29, 0.717) is 12.3 Å². The Kier molecular flexibility index (Phi) is 3.77. The van der Waals surface area contributed by atoms with Gasteiger partial charge < -0.3 is 10.5 Å². The van der Waals surface area contributed by atoms with Crippen molar-refractivity contribution in [2.45, 2.75) is 13.5 Å². The molecule has 0 spiro atoms. The third kappa shape index (κ3) is 3.08. The molecule has 19 heavy (non-hydrogen) atoms. The molecule has 0 amide bonds. The zero-order valence-corrected chi connectivity index (χ0v) is 10.5. The number of ether oxygens (including phenoxy) is 1. The van der Waals surface area contributed by atoms with Crippen LogP contribution in [-0.4, -0.2) is 4.92 Å². The minimum absolute atomic E-state index is 0.0521. The number of hydrogen-bond acceptors (Lipinski definition) is 4. The predicted molar refractivity (Wildman–Crippen MR) is 72.2 cm³/mol. The molecule has 0 atom stereocenters. The normalized spacial score (nSPS) is 10.2. The zero-order chi connectivity index (χ0) is 13.8. The summed E-state index contributed by atoms with van der Waals surface area (Å²) in [6, 6.07) is 12.0. The van der Waals surface area contributed by atoms with Crippen LogP contribution in [0.15, 0.2) is 42.5 Å². The van der Waals surface area contributed by atoms with E-state index in [1.54, 1.807) is 30.3 Å². The summed E-state index contributed by atoms with van der Waals surface area (Å²) in [6.45, 7) is 2.25. The van der Waals surface area contributed by atoms with E-state index in [2.05, 4.69) is 0 Å². The number of nitrogens with two attached hydrogens (primary N) is 1. The van der Waals surface area contributed by atoms with Gasteiger partial charge in [-0.1, -0.05) is 18.2 Å².